The molecule has 22 heavy (non-hydrogen) atoms. The number of carbonyl (C=O) groups is 1. The molecule has 0 aromatic heterocycles. The second kappa shape index (κ2) is 7.25. The Morgan fingerprint density at radius 1 is 1.32 bits per heavy atom. The van der Waals surface area contributed by atoms with Crippen molar-refractivity contribution in [2.45, 2.75) is 82.0 Å². The Hall–Kier alpha value is -0.690. The fourth-order valence-corrected chi connectivity index (χ4v) is 3.45. The number of nitrogens with one attached hydrogen (secondary N) is 2. The molecule has 2 aliphatic heterocycles. The summed E-state index contributed by atoms with van der Waals surface area (Å²) in [6.07, 6.45) is 4.44. The van der Waals surface area contributed by atoms with E-state index in [0.717, 1.165) is 6.42 Å². The highest BCUT2D eigenvalue weighted by atomic mass is 16.6. The lowest BCUT2D eigenvalue weighted by Crippen LogP contribution is -2.44. The standard InChI is InChI=1S/C16H28N2O4/c1-2-6-17-14(19)8-11-7-12-16(21-11)15(20)13(22-12)9-18-10-4-3-5-10/h10-13,15-16,18,20H,2-9H2,1H3,(H,17,19). The Bertz CT molecular complexity index is 388. The van der Waals surface area contributed by atoms with E-state index in [2.05, 4.69) is 10.6 Å². The van der Waals surface area contributed by atoms with Gasteiger partial charge in [-0.2, -0.15) is 0 Å². The Morgan fingerprint density at radius 2 is 2.14 bits per heavy atom. The summed E-state index contributed by atoms with van der Waals surface area (Å²) in [5.74, 6) is 0.0181. The molecule has 2 saturated heterocycles. The molecule has 5 atom stereocenters. The largest absolute Gasteiger partial charge is 0.388 e. The summed E-state index contributed by atoms with van der Waals surface area (Å²) in [6, 6.07) is 0.590. The molecule has 0 aromatic carbocycles. The molecule has 0 bridgehead atoms. The number of ether oxygens (including phenoxy) is 2. The zero-order chi connectivity index (χ0) is 15.5. The molecule has 6 nitrogen and oxygen atoms in total. The van der Waals surface area contributed by atoms with Gasteiger partial charge in [0.25, 0.3) is 0 Å². The van der Waals surface area contributed by atoms with Gasteiger partial charge in [0.1, 0.15) is 12.2 Å². The molecule has 1 saturated carbocycles. The van der Waals surface area contributed by atoms with Crippen LogP contribution in [0.5, 0.6) is 0 Å². The normalized spacial score (nSPS) is 37.8. The fraction of sp³-hybridized carbons (Fsp3) is 0.938. The van der Waals surface area contributed by atoms with Crippen LogP contribution >= 0.6 is 0 Å². The molecule has 3 aliphatic rings. The molecule has 0 spiro atoms. The van der Waals surface area contributed by atoms with E-state index in [1.807, 2.05) is 6.92 Å². The minimum absolute atomic E-state index is 0.0181. The maximum atomic E-state index is 11.7. The van der Waals surface area contributed by atoms with E-state index in [9.17, 15) is 9.90 Å². The van der Waals surface area contributed by atoms with E-state index in [-0.39, 0.29) is 30.3 Å². The van der Waals surface area contributed by atoms with Gasteiger partial charge >= 0.3 is 0 Å². The molecule has 3 N–H and O–H groups in total. The van der Waals surface area contributed by atoms with Gasteiger partial charge in [-0.3, -0.25) is 4.79 Å². The smallest absolute Gasteiger partial charge is 0.222 e. The molecular formula is C16H28N2O4. The zero-order valence-corrected chi connectivity index (χ0v) is 13.3. The summed E-state index contributed by atoms with van der Waals surface area (Å²) in [7, 11) is 0. The van der Waals surface area contributed by atoms with E-state index < -0.39 is 6.10 Å². The first-order valence-electron chi connectivity index (χ1n) is 8.66. The second-order valence-electron chi connectivity index (χ2n) is 6.75. The Kier molecular flexibility index (Phi) is 5.33. The van der Waals surface area contributed by atoms with E-state index in [1.165, 1.54) is 19.3 Å². The molecule has 0 radical (unpaired) electrons. The topological polar surface area (TPSA) is 79.8 Å². The van der Waals surface area contributed by atoms with E-state index >= 15 is 0 Å². The number of aliphatic hydroxyl groups excluding tert-OH is 1. The minimum Gasteiger partial charge on any atom is -0.388 e. The summed E-state index contributed by atoms with van der Waals surface area (Å²) in [5, 5.41) is 16.7. The lowest BCUT2D eigenvalue weighted by Gasteiger charge is -2.29. The maximum absolute atomic E-state index is 11.7. The van der Waals surface area contributed by atoms with Crippen molar-refractivity contribution < 1.29 is 19.4 Å². The molecule has 0 aromatic rings. The molecular weight excluding hydrogens is 284 g/mol. The van der Waals surface area contributed by atoms with Gasteiger partial charge in [-0.05, 0) is 19.3 Å². The average Bonchev–Trinajstić information content (AvgIpc) is 2.95. The quantitative estimate of drug-likeness (QED) is 0.631. The molecule has 2 heterocycles. The number of hydrogen-bond acceptors (Lipinski definition) is 5. The SMILES string of the molecule is CCCNC(=O)CC1CC2OC(CNC3CCC3)C(O)C2O1. The third-order valence-corrected chi connectivity index (χ3v) is 4.98. The number of aliphatic hydroxyl groups is 1. The van der Waals surface area contributed by atoms with Crippen molar-refractivity contribution in [2.24, 2.45) is 0 Å². The van der Waals surface area contributed by atoms with Gasteiger partial charge in [-0.25, -0.2) is 0 Å². The summed E-state index contributed by atoms with van der Waals surface area (Å²) < 4.78 is 11.8. The van der Waals surface area contributed by atoms with Crippen molar-refractivity contribution in [3.63, 3.8) is 0 Å². The summed E-state index contributed by atoms with van der Waals surface area (Å²) in [4.78, 5) is 11.7. The molecule has 5 unspecified atom stereocenters. The van der Waals surface area contributed by atoms with Gasteiger partial charge in [0.05, 0.1) is 24.7 Å². The predicted octanol–water partition coefficient (Wildman–Crippen LogP) is 0.331. The van der Waals surface area contributed by atoms with Gasteiger partial charge in [0.2, 0.25) is 5.91 Å². The first-order chi connectivity index (χ1) is 10.7. The van der Waals surface area contributed by atoms with Gasteiger partial charge in [-0.15, -0.1) is 0 Å². The van der Waals surface area contributed by atoms with E-state index in [1.54, 1.807) is 0 Å². The highest BCUT2D eigenvalue weighted by Crippen LogP contribution is 2.35. The molecule has 3 rings (SSSR count). The van der Waals surface area contributed by atoms with Crippen LogP contribution in [0, 0.1) is 0 Å². The number of hydrogen-bond donors (Lipinski definition) is 3. The highest BCUT2D eigenvalue weighted by Gasteiger charge is 2.50. The number of amides is 1. The summed E-state index contributed by atoms with van der Waals surface area (Å²) in [6.45, 7) is 3.41. The van der Waals surface area contributed by atoms with Crippen molar-refractivity contribution in [3.8, 4) is 0 Å². The predicted molar refractivity (Wildman–Crippen MR) is 81.5 cm³/mol. The summed E-state index contributed by atoms with van der Waals surface area (Å²) in [5.41, 5.74) is 0. The molecule has 6 heteroatoms. The fourth-order valence-electron chi connectivity index (χ4n) is 3.45. The Morgan fingerprint density at radius 3 is 2.77 bits per heavy atom. The molecule has 1 amide bonds. The Balaban J connectivity index is 1.41. The monoisotopic (exact) mass is 312 g/mol. The van der Waals surface area contributed by atoms with Crippen LogP contribution in [0.1, 0.15) is 45.4 Å². The number of rotatable bonds is 7. The number of fused-ring (bicyclic) bond motifs is 1. The lowest BCUT2D eigenvalue weighted by molar-refractivity contribution is -0.124. The molecule has 1 aliphatic carbocycles. The van der Waals surface area contributed by atoms with Crippen LogP contribution in [0.2, 0.25) is 0 Å². The third kappa shape index (κ3) is 3.62. The van der Waals surface area contributed by atoms with Gasteiger partial charge in [-0.1, -0.05) is 13.3 Å². The number of carbonyl (C=O) groups excluding carboxylic acids is 1. The van der Waals surface area contributed by atoms with Crippen LogP contribution < -0.4 is 10.6 Å². The lowest BCUT2D eigenvalue weighted by atomic mass is 9.93. The van der Waals surface area contributed by atoms with E-state index in [4.69, 9.17) is 9.47 Å². The highest BCUT2D eigenvalue weighted by molar-refractivity contribution is 5.76. The van der Waals surface area contributed by atoms with Crippen molar-refractivity contribution in [2.75, 3.05) is 13.1 Å². The minimum atomic E-state index is -0.596. The van der Waals surface area contributed by atoms with Crippen molar-refractivity contribution in [3.05, 3.63) is 0 Å². The average molecular weight is 312 g/mol. The van der Waals surface area contributed by atoms with Crippen molar-refractivity contribution >= 4 is 5.91 Å². The van der Waals surface area contributed by atoms with Crippen LogP contribution in [-0.4, -0.2) is 60.7 Å². The zero-order valence-electron chi connectivity index (χ0n) is 13.3. The van der Waals surface area contributed by atoms with Crippen LogP contribution in [-0.2, 0) is 14.3 Å². The van der Waals surface area contributed by atoms with Gasteiger partial charge in [0.15, 0.2) is 0 Å². The van der Waals surface area contributed by atoms with Crippen LogP contribution in [0.15, 0.2) is 0 Å². The maximum Gasteiger partial charge on any atom is 0.222 e. The molecule has 3 fully saturated rings. The first-order valence-corrected chi connectivity index (χ1v) is 8.66. The van der Waals surface area contributed by atoms with Crippen LogP contribution in [0.3, 0.4) is 0 Å². The van der Waals surface area contributed by atoms with Gasteiger partial charge < -0.3 is 25.2 Å². The second-order valence-corrected chi connectivity index (χ2v) is 6.75. The molecule has 126 valence electrons. The third-order valence-electron chi connectivity index (χ3n) is 4.98. The van der Waals surface area contributed by atoms with Crippen LogP contribution in [0.4, 0.5) is 0 Å². The summed E-state index contributed by atoms with van der Waals surface area (Å²) >= 11 is 0. The van der Waals surface area contributed by atoms with Crippen LogP contribution in [0.25, 0.3) is 0 Å². The van der Waals surface area contributed by atoms with E-state index in [0.29, 0.717) is 32.0 Å². The van der Waals surface area contributed by atoms with Crippen molar-refractivity contribution in [1.29, 1.82) is 0 Å². The Labute approximate surface area is 131 Å². The first kappa shape index (κ1) is 16.2. The van der Waals surface area contributed by atoms with Gasteiger partial charge in [0, 0.05) is 25.6 Å². The van der Waals surface area contributed by atoms with Crippen molar-refractivity contribution in [1.82, 2.24) is 10.6 Å².